The highest BCUT2D eigenvalue weighted by atomic mass is 16.5. The largest absolute Gasteiger partial charge is 0.493 e. The molecular formula is C16H24N2O4. The van der Waals surface area contributed by atoms with Crippen LogP contribution in [0.1, 0.15) is 31.9 Å². The Hall–Kier alpha value is -1.82. The quantitative estimate of drug-likeness (QED) is 0.863. The topological polar surface area (TPSA) is 82.9 Å². The Morgan fingerprint density at radius 3 is 2.86 bits per heavy atom. The van der Waals surface area contributed by atoms with E-state index in [-0.39, 0.29) is 6.54 Å². The third-order valence-electron chi connectivity index (χ3n) is 4.40. The predicted octanol–water partition coefficient (Wildman–Crippen LogP) is 1.84. The number of aryl methyl sites for hydroxylation is 1. The molecule has 6 nitrogen and oxygen atoms in total. The summed E-state index contributed by atoms with van der Waals surface area (Å²) in [4.78, 5) is 18.3. The van der Waals surface area contributed by atoms with Crippen molar-refractivity contribution >= 4 is 11.8 Å². The highest BCUT2D eigenvalue weighted by molar-refractivity contribution is 5.77. The second-order valence-corrected chi connectivity index (χ2v) is 5.92. The van der Waals surface area contributed by atoms with Gasteiger partial charge in [-0.1, -0.05) is 13.3 Å². The van der Waals surface area contributed by atoms with Crippen LogP contribution in [0.2, 0.25) is 0 Å². The van der Waals surface area contributed by atoms with E-state index in [2.05, 4.69) is 4.98 Å². The lowest BCUT2D eigenvalue weighted by Gasteiger charge is -2.44. The van der Waals surface area contributed by atoms with Gasteiger partial charge in [-0.3, -0.25) is 4.79 Å². The number of aliphatic hydroxyl groups is 1. The van der Waals surface area contributed by atoms with E-state index < -0.39 is 17.5 Å². The normalized spacial score (nSPS) is 25.1. The summed E-state index contributed by atoms with van der Waals surface area (Å²) in [5, 5.41) is 20.0. The molecule has 2 heterocycles. The zero-order valence-corrected chi connectivity index (χ0v) is 13.4. The first-order valence-electron chi connectivity index (χ1n) is 7.62. The molecule has 2 atom stereocenters. The molecule has 2 N–H and O–H groups in total. The van der Waals surface area contributed by atoms with Crippen LogP contribution in [0.3, 0.4) is 0 Å². The fraction of sp³-hybridized carbons (Fsp3) is 0.625. The summed E-state index contributed by atoms with van der Waals surface area (Å²) in [7, 11) is 1.57. The summed E-state index contributed by atoms with van der Waals surface area (Å²) in [6, 6.07) is 3.70. The lowest BCUT2D eigenvalue weighted by Crippen LogP contribution is -2.56. The van der Waals surface area contributed by atoms with Gasteiger partial charge < -0.3 is 19.8 Å². The van der Waals surface area contributed by atoms with Crippen LogP contribution in [-0.2, 0) is 4.79 Å². The van der Waals surface area contributed by atoms with Crippen molar-refractivity contribution in [3.63, 3.8) is 0 Å². The smallest absolute Gasteiger partial charge is 0.314 e. The van der Waals surface area contributed by atoms with Gasteiger partial charge in [0.25, 0.3) is 0 Å². The van der Waals surface area contributed by atoms with Crippen molar-refractivity contribution in [1.82, 2.24) is 4.98 Å². The predicted molar refractivity (Wildman–Crippen MR) is 83.3 cm³/mol. The van der Waals surface area contributed by atoms with E-state index in [1.807, 2.05) is 30.9 Å². The molecule has 0 amide bonds. The van der Waals surface area contributed by atoms with Crippen molar-refractivity contribution in [2.75, 3.05) is 25.1 Å². The van der Waals surface area contributed by atoms with Crippen LogP contribution in [0.5, 0.6) is 5.75 Å². The maximum absolute atomic E-state index is 11.8. The molecule has 1 fully saturated rings. The van der Waals surface area contributed by atoms with Crippen molar-refractivity contribution in [1.29, 1.82) is 0 Å². The number of anilines is 1. The van der Waals surface area contributed by atoms with Crippen LogP contribution in [0.15, 0.2) is 12.1 Å². The molecule has 0 aliphatic carbocycles. The number of aliphatic hydroxyl groups excluding tert-OH is 1. The van der Waals surface area contributed by atoms with E-state index in [1.165, 1.54) is 0 Å². The number of hydrogen-bond donors (Lipinski definition) is 2. The first kappa shape index (κ1) is 16.5. The lowest BCUT2D eigenvalue weighted by molar-refractivity contribution is -0.158. The first-order chi connectivity index (χ1) is 10.4. The van der Waals surface area contributed by atoms with Crippen LogP contribution >= 0.6 is 0 Å². The van der Waals surface area contributed by atoms with Gasteiger partial charge in [-0.15, -0.1) is 0 Å². The Kier molecular flexibility index (Phi) is 4.90. The second-order valence-electron chi connectivity index (χ2n) is 5.92. The number of carbonyl (C=O) groups is 1. The number of ether oxygens (including phenoxy) is 1. The van der Waals surface area contributed by atoms with E-state index in [0.29, 0.717) is 37.4 Å². The van der Waals surface area contributed by atoms with Gasteiger partial charge in [-0.25, -0.2) is 4.98 Å². The minimum Gasteiger partial charge on any atom is -0.493 e. The molecule has 1 aliphatic heterocycles. The number of rotatable bonds is 5. The molecular weight excluding hydrogens is 284 g/mol. The number of hydrogen-bond acceptors (Lipinski definition) is 5. The maximum Gasteiger partial charge on any atom is 0.314 e. The van der Waals surface area contributed by atoms with Gasteiger partial charge in [-0.05, 0) is 31.9 Å². The van der Waals surface area contributed by atoms with Gasteiger partial charge in [0.15, 0.2) is 11.6 Å². The van der Waals surface area contributed by atoms with Gasteiger partial charge in [0, 0.05) is 18.8 Å². The molecule has 0 radical (unpaired) electrons. The summed E-state index contributed by atoms with van der Waals surface area (Å²) in [6.45, 7) is 4.62. The fourth-order valence-electron chi connectivity index (χ4n) is 3.19. The van der Waals surface area contributed by atoms with Gasteiger partial charge in [-0.2, -0.15) is 0 Å². The second kappa shape index (κ2) is 6.52. The molecule has 1 aromatic heterocycles. The van der Waals surface area contributed by atoms with Gasteiger partial charge in [0.1, 0.15) is 5.41 Å². The summed E-state index contributed by atoms with van der Waals surface area (Å²) in [5.41, 5.74) is -0.304. The SMILES string of the molecule is CCC[C@@]1(C(=O)O)CN(c2nc(C)ccc2OC)CC[C@H]1O. The first-order valence-corrected chi connectivity index (χ1v) is 7.62. The number of nitrogens with zero attached hydrogens (tertiary/aromatic N) is 2. The number of carboxylic acids is 1. The molecule has 0 unspecified atom stereocenters. The van der Waals surface area contributed by atoms with E-state index in [0.717, 1.165) is 5.69 Å². The molecule has 2 rings (SSSR count). The Labute approximate surface area is 130 Å². The van der Waals surface area contributed by atoms with E-state index in [1.54, 1.807) is 7.11 Å². The van der Waals surface area contributed by atoms with Crippen molar-refractivity contribution in [2.45, 2.75) is 39.2 Å². The number of methoxy groups -OCH3 is 1. The Morgan fingerprint density at radius 1 is 1.55 bits per heavy atom. The van der Waals surface area contributed by atoms with Gasteiger partial charge in [0.2, 0.25) is 0 Å². The highest BCUT2D eigenvalue weighted by Crippen LogP contribution is 2.39. The number of aromatic nitrogens is 1. The van der Waals surface area contributed by atoms with Crippen LogP contribution in [0.4, 0.5) is 5.82 Å². The lowest BCUT2D eigenvalue weighted by atomic mass is 9.74. The van der Waals surface area contributed by atoms with E-state index >= 15 is 0 Å². The zero-order valence-electron chi connectivity index (χ0n) is 13.4. The summed E-state index contributed by atoms with van der Waals surface area (Å²) >= 11 is 0. The van der Waals surface area contributed by atoms with Crippen molar-refractivity contribution in [3.05, 3.63) is 17.8 Å². The summed E-state index contributed by atoms with van der Waals surface area (Å²) in [6.07, 6.45) is 0.714. The average Bonchev–Trinajstić information content (AvgIpc) is 2.49. The number of aliphatic carboxylic acids is 1. The number of carboxylic acid groups (broad SMARTS) is 1. The summed E-state index contributed by atoms with van der Waals surface area (Å²) in [5.74, 6) is 0.326. The zero-order chi connectivity index (χ0) is 16.3. The van der Waals surface area contributed by atoms with Crippen LogP contribution in [-0.4, -0.2) is 47.5 Å². The third kappa shape index (κ3) is 2.88. The highest BCUT2D eigenvalue weighted by Gasteiger charge is 2.49. The molecule has 1 aromatic rings. The minimum absolute atomic E-state index is 0.240. The monoisotopic (exact) mass is 308 g/mol. The molecule has 1 aliphatic rings. The number of pyridine rings is 1. The summed E-state index contributed by atoms with van der Waals surface area (Å²) < 4.78 is 5.35. The molecule has 122 valence electrons. The molecule has 0 spiro atoms. The van der Waals surface area contributed by atoms with Crippen molar-refractivity contribution < 1.29 is 19.7 Å². The molecule has 0 aromatic carbocycles. The van der Waals surface area contributed by atoms with Crippen LogP contribution in [0.25, 0.3) is 0 Å². The minimum atomic E-state index is -1.15. The molecule has 6 heteroatoms. The number of piperidine rings is 1. The van der Waals surface area contributed by atoms with Crippen molar-refractivity contribution in [2.24, 2.45) is 5.41 Å². The van der Waals surface area contributed by atoms with Crippen molar-refractivity contribution in [3.8, 4) is 5.75 Å². The van der Waals surface area contributed by atoms with Gasteiger partial charge >= 0.3 is 5.97 Å². The van der Waals surface area contributed by atoms with Crippen LogP contribution in [0, 0.1) is 12.3 Å². The molecule has 0 saturated carbocycles. The standard InChI is InChI=1S/C16H24N2O4/c1-4-8-16(15(20)21)10-18(9-7-13(16)19)14-12(22-3)6-5-11(2)17-14/h5-6,13,19H,4,7-10H2,1-3H3,(H,20,21)/t13-,16-/m1/s1. The molecule has 1 saturated heterocycles. The Bertz CT molecular complexity index is 549. The van der Waals surface area contributed by atoms with E-state index in [4.69, 9.17) is 4.74 Å². The third-order valence-corrected chi connectivity index (χ3v) is 4.40. The van der Waals surface area contributed by atoms with E-state index in [9.17, 15) is 15.0 Å². The van der Waals surface area contributed by atoms with Crippen LogP contribution < -0.4 is 9.64 Å². The fourth-order valence-corrected chi connectivity index (χ4v) is 3.19. The van der Waals surface area contributed by atoms with Gasteiger partial charge in [0.05, 0.1) is 13.2 Å². The Balaban J connectivity index is 2.38. The maximum atomic E-state index is 11.8. The Morgan fingerprint density at radius 2 is 2.27 bits per heavy atom. The molecule has 22 heavy (non-hydrogen) atoms. The average molecular weight is 308 g/mol. The molecule has 0 bridgehead atoms.